The molecule has 122 valence electrons. The smallest absolute Gasteiger partial charge is 0.232 e. The highest BCUT2D eigenvalue weighted by atomic mass is 16.5. The number of methoxy groups -OCH3 is 1. The quantitative estimate of drug-likeness (QED) is 0.871. The summed E-state index contributed by atoms with van der Waals surface area (Å²) in [4.78, 5) is 18.6. The van der Waals surface area contributed by atoms with E-state index in [2.05, 4.69) is 10.1 Å². The molecule has 1 aliphatic heterocycles. The number of ether oxygens (including phenoxy) is 1. The average molecular weight is 315 g/mol. The van der Waals surface area contributed by atoms with E-state index < -0.39 is 0 Å². The Morgan fingerprint density at radius 2 is 1.96 bits per heavy atom. The second kappa shape index (κ2) is 5.68. The number of aromatic nitrogens is 2. The fourth-order valence-electron chi connectivity index (χ4n) is 2.59. The third-order valence-corrected chi connectivity index (χ3v) is 3.97. The van der Waals surface area contributed by atoms with Crippen LogP contribution in [0.4, 0.5) is 5.69 Å². The zero-order chi connectivity index (χ0) is 16.6. The van der Waals surface area contributed by atoms with Crippen molar-refractivity contribution in [3.05, 3.63) is 36.0 Å². The monoisotopic (exact) mass is 315 g/mol. The van der Waals surface area contributed by atoms with Crippen LogP contribution in [0.3, 0.4) is 0 Å². The van der Waals surface area contributed by atoms with Crippen molar-refractivity contribution in [2.24, 2.45) is 0 Å². The molecule has 6 heteroatoms. The second-order valence-electron chi connectivity index (χ2n) is 6.81. The van der Waals surface area contributed by atoms with Crippen LogP contribution in [0.5, 0.6) is 5.75 Å². The van der Waals surface area contributed by atoms with E-state index in [1.165, 1.54) is 0 Å². The SMILES string of the molecule is COc1ccc(N2CC(c3nc(C(C)(C)C)no3)CC2=O)cc1. The molecule has 2 heterocycles. The predicted molar refractivity (Wildman–Crippen MR) is 85.7 cm³/mol. The first-order valence-electron chi connectivity index (χ1n) is 7.67. The molecule has 1 unspecified atom stereocenters. The number of carbonyl (C=O) groups excluding carboxylic acids is 1. The normalized spacial score (nSPS) is 18.5. The van der Waals surface area contributed by atoms with Crippen molar-refractivity contribution >= 4 is 11.6 Å². The summed E-state index contributed by atoms with van der Waals surface area (Å²) in [5, 5.41) is 4.05. The molecule has 1 aliphatic rings. The Labute approximate surface area is 135 Å². The fraction of sp³-hybridized carbons (Fsp3) is 0.471. The van der Waals surface area contributed by atoms with Crippen molar-refractivity contribution in [3.63, 3.8) is 0 Å². The molecule has 0 N–H and O–H groups in total. The first-order valence-corrected chi connectivity index (χ1v) is 7.67. The number of hydrogen-bond donors (Lipinski definition) is 0. The van der Waals surface area contributed by atoms with E-state index in [4.69, 9.17) is 9.26 Å². The van der Waals surface area contributed by atoms with Crippen LogP contribution >= 0.6 is 0 Å². The van der Waals surface area contributed by atoms with Gasteiger partial charge in [0.25, 0.3) is 0 Å². The van der Waals surface area contributed by atoms with Gasteiger partial charge in [-0.25, -0.2) is 0 Å². The molecule has 1 aromatic heterocycles. The van der Waals surface area contributed by atoms with E-state index in [-0.39, 0.29) is 17.2 Å². The van der Waals surface area contributed by atoms with Gasteiger partial charge in [0.15, 0.2) is 5.82 Å². The van der Waals surface area contributed by atoms with Crippen LogP contribution in [0.2, 0.25) is 0 Å². The fourth-order valence-corrected chi connectivity index (χ4v) is 2.59. The van der Waals surface area contributed by atoms with Crippen molar-refractivity contribution in [2.75, 3.05) is 18.6 Å². The van der Waals surface area contributed by atoms with Crippen molar-refractivity contribution in [2.45, 2.75) is 38.5 Å². The first kappa shape index (κ1) is 15.5. The molecule has 3 rings (SSSR count). The Morgan fingerprint density at radius 3 is 2.52 bits per heavy atom. The Hall–Kier alpha value is -2.37. The molecule has 1 saturated heterocycles. The molecule has 2 aromatic rings. The molecule has 0 radical (unpaired) electrons. The van der Waals surface area contributed by atoms with Gasteiger partial charge < -0.3 is 14.2 Å². The summed E-state index contributed by atoms with van der Waals surface area (Å²) in [5.74, 6) is 1.98. The maximum absolute atomic E-state index is 12.3. The Kier molecular flexibility index (Phi) is 3.83. The number of hydrogen-bond acceptors (Lipinski definition) is 5. The molecule has 23 heavy (non-hydrogen) atoms. The minimum atomic E-state index is -0.167. The molecular weight excluding hydrogens is 294 g/mol. The van der Waals surface area contributed by atoms with Crippen LogP contribution in [0.1, 0.15) is 44.8 Å². The van der Waals surface area contributed by atoms with E-state index in [1.54, 1.807) is 12.0 Å². The van der Waals surface area contributed by atoms with E-state index in [9.17, 15) is 4.79 Å². The minimum Gasteiger partial charge on any atom is -0.497 e. The van der Waals surface area contributed by atoms with Crippen molar-refractivity contribution < 1.29 is 14.1 Å². The van der Waals surface area contributed by atoms with Crippen LogP contribution in [0, 0.1) is 0 Å². The maximum Gasteiger partial charge on any atom is 0.232 e. The van der Waals surface area contributed by atoms with E-state index in [0.717, 1.165) is 11.4 Å². The second-order valence-corrected chi connectivity index (χ2v) is 6.81. The first-order chi connectivity index (χ1) is 10.9. The lowest BCUT2D eigenvalue weighted by Gasteiger charge is -2.16. The van der Waals surface area contributed by atoms with Gasteiger partial charge in [0, 0.05) is 24.1 Å². The van der Waals surface area contributed by atoms with Crippen molar-refractivity contribution in [1.82, 2.24) is 10.1 Å². The molecule has 0 spiro atoms. The van der Waals surface area contributed by atoms with Crippen LogP contribution < -0.4 is 9.64 Å². The van der Waals surface area contributed by atoms with Gasteiger partial charge in [0.1, 0.15) is 5.75 Å². The lowest BCUT2D eigenvalue weighted by molar-refractivity contribution is -0.117. The number of rotatable bonds is 3. The van der Waals surface area contributed by atoms with E-state index in [1.807, 2.05) is 45.0 Å². The lowest BCUT2D eigenvalue weighted by Crippen LogP contribution is -2.24. The van der Waals surface area contributed by atoms with E-state index >= 15 is 0 Å². The summed E-state index contributed by atoms with van der Waals surface area (Å²) >= 11 is 0. The largest absolute Gasteiger partial charge is 0.497 e. The van der Waals surface area contributed by atoms with Gasteiger partial charge >= 0.3 is 0 Å². The van der Waals surface area contributed by atoms with Crippen LogP contribution in [0.25, 0.3) is 0 Å². The van der Waals surface area contributed by atoms with Crippen LogP contribution in [0.15, 0.2) is 28.8 Å². The van der Waals surface area contributed by atoms with Gasteiger partial charge in [-0.2, -0.15) is 4.98 Å². The minimum absolute atomic E-state index is 0.0619. The molecule has 0 aliphatic carbocycles. The number of benzene rings is 1. The highest BCUT2D eigenvalue weighted by molar-refractivity contribution is 5.96. The standard InChI is InChI=1S/C17H21N3O3/c1-17(2,3)16-18-15(23-19-16)11-9-14(21)20(10-11)12-5-7-13(22-4)8-6-12/h5-8,11H,9-10H2,1-4H3. The van der Waals surface area contributed by atoms with Crippen molar-refractivity contribution in [3.8, 4) is 5.75 Å². The number of anilines is 1. The molecule has 6 nitrogen and oxygen atoms in total. The summed E-state index contributed by atoms with van der Waals surface area (Å²) in [6, 6.07) is 7.46. The molecule has 0 bridgehead atoms. The van der Waals surface area contributed by atoms with Gasteiger partial charge in [-0.15, -0.1) is 0 Å². The summed E-state index contributed by atoms with van der Waals surface area (Å²) in [7, 11) is 1.62. The maximum atomic E-state index is 12.3. The molecule has 0 saturated carbocycles. The van der Waals surface area contributed by atoms with Gasteiger partial charge in [0.05, 0.1) is 13.0 Å². The number of amides is 1. The van der Waals surface area contributed by atoms with Crippen LogP contribution in [-0.2, 0) is 10.2 Å². The van der Waals surface area contributed by atoms with Crippen molar-refractivity contribution in [1.29, 1.82) is 0 Å². The Morgan fingerprint density at radius 1 is 1.26 bits per heavy atom. The topological polar surface area (TPSA) is 68.5 Å². The molecular formula is C17H21N3O3. The van der Waals surface area contributed by atoms with Crippen LogP contribution in [-0.4, -0.2) is 29.7 Å². The zero-order valence-corrected chi connectivity index (χ0v) is 13.9. The summed E-state index contributed by atoms with van der Waals surface area (Å²) in [6.07, 6.45) is 0.387. The summed E-state index contributed by atoms with van der Waals surface area (Å²) < 4.78 is 10.5. The number of carbonyl (C=O) groups is 1. The van der Waals surface area contributed by atoms with Gasteiger partial charge in [0.2, 0.25) is 11.8 Å². The number of nitrogens with zero attached hydrogens (tertiary/aromatic N) is 3. The average Bonchev–Trinajstić information content (AvgIpc) is 3.13. The molecule has 1 aromatic carbocycles. The van der Waals surface area contributed by atoms with E-state index in [0.29, 0.717) is 24.7 Å². The zero-order valence-electron chi connectivity index (χ0n) is 13.9. The third-order valence-electron chi connectivity index (χ3n) is 3.97. The van der Waals surface area contributed by atoms with Gasteiger partial charge in [-0.1, -0.05) is 25.9 Å². The highest BCUT2D eigenvalue weighted by Gasteiger charge is 2.36. The molecule has 1 amide bonds. The van der Waals surface area contributed by atoms with Gasteiger partial charge in [-0.05, 0) is 24.3 Å². The summed E-state index contributed by atoms with van der Waals surface area (Å²) in [5.41, 5.74) is 0.689. The Balaban J connectivity index is 1.77. The Bertz CT molecular complexity index is 701. The highest BCUT2D eigenvalue weighted by Crippen LogP contribution is 2.32. The third kappa shape index (κ3) is 3.06. The van der Waals surface area contributed by atoms with Gasteiger partial charge in [-0.3, -0.25) is 4.79 Å². The molecule has 1 fully saturated rings. The lowest BCUT2D eigenvalue weighted by atomic mass is 9.96. The molecule has 1 atom stereocenters. The summed E-state index contributed by atoms with van der Waals surface area (Å²) in [6.45, 7) is 6.65. The predicted octanol–water partition coefficient (Wildman–Crippen LogP) is 2.90.